The molecule has 1 heterocycles. The molecule has 3 rings (SSSR count). The molecule has 1 unspecified atom stereocenters. The Hall–Kier alpha value is -4.54. The van der Waals surface area contributed by atoms with Gasteiger partial charge in [0.1, 0.15) is 11.9 Å². The van der Waals surface area contributed by atoms with Crippen molar-refractivity contribution in [2.75, 3.05) is 11.5 Å². The van der Waals surface area contributed by atoms with Crippen molar-refractivity contribution in [3.63, 3.8) is 0 Å². The lowest BCUT2D eigenvalue weighted by atomic mass is 10.0. The van der Waals surface area contributed by atoms with Crippen molar-refractivity contribution in [1.82, 2.24) is 15.3 Å². The second-order valence-electron chi connectivity index (χ2n) is 7.31. The maximum atomic E-state index is 12.3. The third-order valence-corrected chi connectivity index (χ3v) is 4.96. The Morgan fingerprint density at radius 1 is 0.909 bits per heavy atom. The highest BCUT2D eigenvalue weighted by atomic mass is 16.4. The largest absolute Gasteiger partial charge is 0.480 e. The summed E-state index contributed by atoms with van der Waals surface area (Å²) in [6, 6.07) is 10.5. The lowest BCUT2D eigenvalue weighted by molar-refractivity contribution is -0.150. The Bertz CT molecular complexity index is 1240. The minimum absolute atomic E-state index is 0.111. The van der Waals surface area contributed by atoms with Crippen molar-refractivity contribution in [2.24, 2.45) is 0 Å². The van der Waals surface area contributed by atoms with E-state index in [-0.39, 0.29) is 11.5 Å². The van der Waals surface area contributed by atoms with Gasteiger partial charge in [-0.15, -0.1) is 0 Å². The van der Waals surface area contributed by atoms with Crippen molar-refractivity contribution in [3.05, 3.63) is 59.2 Å². The Morgan fingerprint density at radius 3 is 2.18 bits per heavy atom. The van der Waals surface area contributed by atoms with Gasteiger partial charge in [0.25, 0.3) is 5.91 Å². The van der Waals surface area contributed by atoms with Gasteiger partial charge in [0.05, 0.1) is 5.52 Å². The molecule has 1 atom stereocenters. The molecule has 11 nitrogen and oxygen atoms in total. The van der Waals surface area contributed by atoms with Crippen molar-refractivity contribution in [3.8, 4) is 0 Å². The standard InChI is InChI=1S/C22H21N5O6/c23-18-14-9-12(5-8-15(14)26-22(24)27-18)2-1-11-3-6-13(7-4-11)19(29)25-16(20(30)31)10-17(28)21(32)33/h3-9,16H,1-2,10H2,(H,25,29)(H,30,31)(H,32,33)(H4,23,24,26,27). The maximum absolute atomic E-state index is 12.3. The number of benzene rings is 2. The second kappa shape index (κ2) is 9.73. The first-order valence-corrected chi connectivity index (χ1v) is 9.84. The number of carboxylic acid groups (broad SMARTS) is 2. The van der Waals surface area contributed by atoms with Gasteiger partial charge in [-0.1, -0.05) is 18.2 Å². The number of hydrogen-bond acceptors (Lipinski definition) is 8. The fraction of sp³-hybridized carbons (Fsp3) is 0.182. The monoisotopic (exact) mass is 451 g/mol. The summed E-state index contributed by atoms with van der Waals surface area (Å²) in [4.78, 5) is 53.6. The lowest BCUT2D eigenvalue weighted by Gasteiger charge is -2.13. The number of amides is 1. The number of hydrogen-bond donors (Lipinski definition) is 5. The van der Waals surface area contributed by atoms with Gasteiger partial charge in [0.2, 0.25) is 11.7 Å². The van der Waals surface area contributed by atoms with Crippen LogP contribution in [0.1, 0.15) is 27.9 Å². The number of aryl methyl sites for hydroxylation is 2. The molecule has 0 fully saturated rings. The highest BCUT2D eigenvalue weighted by molar-refractivity contribution is 6.33. The van der Waals surface area contributed by atoms with Crippen LogP contribution >= 0.6 is 0 Å². The van der Waals surface area contributed by atoms with Crippen LogP contribution in [0.4, 0.5) is 11.8 Å². The predicted molar refractivity (Wildman–Crippen MR) is 118 cm³/mol. The van der Waals surface area contributed by atoms with E-state index in [0.717, 1.165) is 11.1 Å². The molecular formula is C22H21N5O6. The summed E-state index contributed by atoms with van der Waals surface area (Å²) in [5.41, 5.74) is 14.3. The number of ketones is 1. The fourth-order valence-corrected chi connectivity index (χ4v) is 3.20. The van der Waals surface area contributed by atoms with Gasteiger partial charge in [-0.2, -0.15) is 4.98 Å². The Labute approximate surface area is 187 Å². The molecule has 0 spiro atoms. The molecule has 0 aliphatic rings. The van der Waals surface area contributed by atoms with E-state index in [0.29, 0.717) is 29.6 Å². The molecule has 3 aromatic rings. The quantitative estimate of drug-likeness (QED) is 0.290. The molecular weight excluding hydrogens is 430 g/mol. The first-order chi connectivity index (χ1) is 15.6. The molecule has 0 bridgehead atoms. The van der Waals surface area contributed by atoms with Crippen LogP contribution in [-0.2, 0) is 27.2 Å². The molecule has 7 N–H and O–H groups in total. The molecule has 1 aromatic heterocycles. The van der Waals surface area contributed by atoms with Crippen LogP contribution in [0.3, 0.4) is 0 Å². The van der Waals surface area contributed by atoms with Crippen molar-refractivity contribution in [1.29, 1.82) is 0 Å². The summed E-state index contributed by atoms with van der Waals surface area (Å²) in [6.07, 6.45) is 0.500. The average molecular weight is 451 g/mol. The van der Waals surface area contributed by atoms with E-state index in [2.05, 4.69) is 15.3 Å². The summed E-state index contributed by atoms with van der Waals surface area (Å²) >= 11 is 0. The molecule has 11 heteroatoms. The van der Waals surface area contributed by atoms with E-state index < -0.39 is 36.1 Å². The van der Waals surface area contributed by atoms with Crippen LogP contribution in [0.2, 0.25) is 0 Å². The summed E-state index contributed by atoms with van der Waals surface area (Å²) in [5.74, 6) is -4.87. The Kier molecular flexibility index (Phi) is 6.82. The summed E-state index contributed by atoms with van der Waals surface area (Å²) < 4.78 is 0. The number of carboxylic acids is 2. The van der Waals surface area contributed by atoms with E-state index >= 15 is 0 Å². The normalized spacial score (nSPS) is 11.6. The number of rotatable bonds is 9. The van der Waals surface area contributed by atoms with Crippen molar-refractivity contribution in [2.45, 2.75) is 25.3 Å². The number of fused-ring (bicyclic) bond motifs is 1. The number of nitrogens with two attached hydrogens (primary N) is 2. The fourth-order valence-electron chi connectivity index (χ4n) is 3.20. The third kappa shape index (κ3) is 5.79. The SMILES string of the molecule is Nc1nc(N)c2cc(CCc3ccc(C(=O)NC(CC(=O)C(=O)O)C(=O)O)cc3)ccc2n1. The van der Waals surface area contributed by atoms with E-state index in [1.807, 2.05) is 18.2 Å². The summed E-state index contributed by atoms with van der Waals surface area (Å²) in [6.45, 7) is 0. The van der Waals surface area contributed by atoms with Crippen LogP contribution < -0.4 is 16.8 Å². The highest BCUT2D eigenvalue weighted by Gasteiger charge is 2.26. The number of carbonyl (C=O) groups excluding carboxylic acids is 2. The number of Topliss-reactive ketones (excluding diaryl/α,β-unsaturated/α-hetero) is 1. The first kappa shape index (κ1) is 23.1. The van der Waals surface area contributed by atoms with E-state index in [1.54, 1.807) is 12.1 Å². The molecule has 2 aromatic carbocycles. The van der Waals surface area contributed by atoms with E-state index in [1.165, 1.54) is 12.1 Å². The zero-order valence-corrected chi connectivity index (χ0v) is 17.3. The molecule has 170 valence electrons. The van der Waals surface area contributed by atoms with Gasteiger partial charge in [-0.25, -0.2) is 14.6 Å². The molecule has 33 heavy (non-hydrogen) atoms. The molecule has 1 amide bonds. The number of anilines is 2. The van der Waals surface area contributed by atoms with Crippen LogP contribution in [-0.4, -0.2) is 49.9 Å². The van der Waals surface area contributed by atoms with Crippen LogP contribution in [0.5, 0.6) is 0 Å². The van der Waals surface area contributed by atoms with Crippen LogP contribution in [0.15, 0.2) is 42.5 Å². The zero-order chi connectivity index (χ0) is 24.1. The number of nitrogens with one attached hydrogen (secondary N) is 1. The number of nitrogens with zero attached hydrogens (tertiary/aromatic N) is 2. The van der Waals surface area contributed by atoms with Crippen LogP contribution in [0, 0.1) is 0 Å². The van der Waals surface area contributed by atoms with Gasteiger partial charge in [0, 0.05) is 17.4 Å². The predicted octanol–water partition coefficient (Wildman–Crippen LogP) is 0.806. The van der Waals surface area contributed by atoms with Gasteiger partial charge >= 0.3 is 11.9 Å². The smallest absolute Gasteiger partial charge is 0.372 e. The number of aliphatic carboxylic acids is 2. The lowest BCUT2D eigenvalue weighted by Crippen LogP contribution is -2.43. The Balaban J connectivity index is 1.63. The molecule has 0 radical (unpaired) electrons. The van der Waals surface area contributed by atoms with Gasteiger partial charge < -0.3 is 27.0 Å². The number of aromatic nitrogens is 2. The number of nitrogen functional groups attached to an aromatic ring is 2. The highest BCUT2D eigenvalue weighted by Crippen LogP contribution is 2.21. The topological polar surface area (TPSA) is 199 Å². The van der Waals surface area contributed by atoms with E-state index in [4.69, 9.17) is 21.7 Å². The second-order valence-corrected chi connectivity index (χ2v) is 7.31. The minimum Gasteiger partial charge on any atom is -0.480 e. The average Bonchev–Trinajstić information content (AvgIpc) is 2.77. The van der Waals surface area contributed by atoms with Crippen molar-refractivity contribution < 1.29 is 29.4 Å². The molecule has 0 aliphatic heterocycles. The molecule has 0 aliphatic carbocycles. The van der Waals surface area contributed by atoms with Gasteiger partial charge in [-0.05, 0) is 48.2 Å². The van der Waals surface area contributed by atoms with Gasteiger partial charge in [-0.3, -0.25) is 9.59 Å². The minimum atomic E-state index is -1.76. The van der Waals surface area contributed by atoms with Crippen LogP contribution in [0.25, 0.3) is 10.9 Å². The summed E-state index contributed by atoms with van der Waals surface area (Å²) in [7, 11) is 0. The Morgan fingerprint density at radius 2 is 1.55 bits per heavy atom. The summed E-state index contributed by atoms with van der Waals surface area (Å²) in [5, 5.41) is 20.6. The van der Waals surface area contributed by atoms with E-state index in [9.17, 15) is 19.2 Å². The number of carbonyl (C=O) groups is 4. The van der Waals surface area contributed by atoms with Crippen molar-refractivity contribution >= 4 is 46.3 Å². The van der Waals surface area contributed by atoms with Gasteiger partial charge in [0.15, 0.2) is 0 Å². The third-order valence-electron chi connectivity index (χ3n) is 4.96. The maximum Gasteiger partial charge on any atom is 0.372 e. The first-order valence-electron chi connectivity index (χ1n) is 9.84. The molecule has 0 saturated heterocycles. The molecule has 0 saturated carbocycles. The zero-order valence-electron chi connectivity index (χ0n) is 17.3.